The Morgan fingerprint density at radius 3 is 2.56 bits per heavy atom. The number of para-hydroxylation sites is 1. The van der Waals surface area contributed by atoms with Gasteiger partial charge in [0.25, 0.3) is 0 Å². The lowest BCUT2D eigenvalue weighted by molar-refractivity contribution is -0.113. The van der Waals surface area contributed by atoms with E-state index in [1.54, 1.807) is 13.0 Å². The SMILES string of the molecule is CCOC(=O)c1cc(C)sc1NC(=O)CSc1nnc(-c2cc(-c3ccccc3)nc3ccccc23)n1CC. The highest BCUT2D eigenvalue weighted by molar-refractivity contribution is 7.99. The second kappa shape index (κ2) is 11.8. The van der Waals surface area contributed by atoms with E-state index in [0.717, 1.165) is 38.4 Å². The van der Waals surface area contributed by atoms with Crippen molar-refractivity contribution in [2.75, 3.05) is 17.7 Å². The quantitative estimate of drug-likeness (QED) is 0.164. The van der Waals surface area contributed by atoms with Gasteiger partial charge in [-0.3, -0.25) is 4.79 Å². The number of fused-ring (bicyclic) bond motifs is 1. The van der Waals surface area contributed by atoms with Crippen LogP contribution in [0.1, 0.15) is 29.1 Å². The number of thiophene rings is 1. The van der Waals surface area contributed by atoms with Crippen LogP contribution in [0.3, 0.4) is 0 Å². The predicted molar refractivity (Wildman–Crippen MR) is 156 cm³/mol. The number of anilines is 1. The number of aryl methyl sites for hydroxylation is 1. The minimum Gasteiger partial charge on any atom is -0.462 e. The number of aromatic nitrogens is 4. The summed E-state index contributed by atoms with van der Waals surface area (Å²) in [6.07, 6.45) is 0. The molecule has 0 spiro atoms. The van der Waals surface area contributed by atoms with Crippen molar-refractivity contribution in [2.45, 2.75) is 32.5 Å². The Balaban J connectivity index is 1.41. The number of esters is 1. The van der Waals surface area contributed by atoms with Gasteiger partial charge in [-0.1, -0.05) is 60.3 Å². The van der Waals surface area contributed by atoms with Gasteiger partial charge in [0.05, 0.1) is 29.1 Å². The van der Waals surface area contributed by atoms with E-state index < -0.39 is 5.97 Å². The van der Waals surface area contributed by atoms with Crippen LogP contribution in [0.5, 0.6) is 0 Å². The summed E-state index contributed by atoms with van der Waals surface area (Å²) in [6.45, 7) is 6.56. The summed E-state index contributed by atoms with van der Waals surface area (Å²) in [5.41, 5.74) is 4.04. The maximum Gasteiger partial charge on any atom is 0.341 e. The van der Waals surface area contributed by atoms with Crippen molar-refractivity contribution in [3.05, 3.63) is 77.2 Å². The number of amides is 1. The molecule has 0 saturated carbocycles. The second-order valence-electron chi connectivity index (χ2n) is 8.65. The molecule has 0 aliphatic heterocycles. The normalized spacial score (nSPS) is 11.1. The number of nitrogens with zero attached hydrogens (tertiary/aromatic N) is 4. The number of nitrogens with one attached hydrogen (secondary N) is 1. The molecule has 0 aliphatic rings. The Labute approximate surface area is 234 Å². The Bertz CT molecular complexity index is 1650. The zero-order valence-electron chi connectivity index (χ0n) is 21.8. The number of carbonyl (C=O) groups is 2. The highest BCUT2D eigenvalue weighted by Gasteiger charge is 2.21. The first-order chi connectivity index (χ1) is 19.0. The molecule has 3 aromatic heterocycles. The summed E-state index contributed by atoms with van der Waals surface area (Å²) in [6, 6.07) is 21.8. The summed E-state index contributed by atoms with van der Waals surface area (Å²) in [7, 11) is 0. The Hall–Kier alpha value is -4.02. The summed E-state index contributed by atoms with van der Waals surface area (Å²) in [5, 5.41) is 13.9. The number of ether oxygens (including phenoxy) is 1. The number of thioether (sulfide) groups is 1. The standard InChI is InChI=1S/C29H27N5O3S2/c1-4-34-26(21-16-24(19-11-7-6-8-12-19)30-23-14-10-9-13-20(21)23)32-33-29(34)38-17-25(35)31-27-22(15-18(3)39-27)28(36)37-5-2/h6-16H,4-5,17H2,1-3H3,(H,31,35). The van der Waals surface area contributed by atoms with Gasteiger partial charge in [-0.05, 0) is 39.0 Å². The molecule has 1 amide bonds. The third-order valence-corrected chi connectivity index (χ3v) is 7.93. The first kappa shape index (κ1) is 26.6. The van der Waals surface area contributed by atoms with E-state index in [4.69, 9.17) is 9.72 Å². The van der Waals surface area contributed by atoms with Crippen LogP contribution in [-0.4, -0.2) is 44.0 Å². The Morgan fingerprint density at radius 2 is 1.79 bits per heavy atom. The monoisotopic (exact) mass is 557 g/mol. The summed E-state index contributed by atoms with van der Waals surface area (Å²) in [5.74, 6) is 0.151. The van der Waals surface area contributed by atoms with E-state index in [-0.39, 0.29) is 18.3 Å². The molecule has 0 unspecified atom stereocenters. The average Bonchev–Trinajstić information content (AvgIpc) is 3.54. The van der Waals surface area contributed by atoms with Gasteiger partial charge in [0.15, 0.2) is 11.0 Å². The van der Waals surface area contributed by atoms with E-state index in [9.17, 15) is 9.59 Å². The van der Waals surface area contributed by atoms with Gasteiger partial charge in [-0.2, -0.15) is 0 Å². The molecule has 8 nitrogen and oxygen atoms in total. The molecule has 1 N–H and O–H groups in total. The fourth-order valence-electron chi connectivity index (χ4n) is 4.26. The number of rotatable bonds is 9. The molecule has 198 valence electrons. The third kappa shape index (κ3) is 5.71. The van der Waals surface area contributed by atoms with Gasteiger partial charge in [0, 0.05) is 27.9 Å². The van der Waals surface area contributed by atoms with E-state index >= 15 is 0 Å². The van der Waals surface area contributed by atoms with E-state index in [1.807, 2.05) is 79.1 Å². The van der Waals surface area contributed by atoms with Gasteiger partial charge in [0.1, 0.15) is 5.00 Å². The van der Waals surface area contributed by atoms with Crippen LogP contribution in [0, 0.1) is 6.92 Å². The molecule has 5 aromatic rings. The van der Waals surface area contributed by atoms with Gasteiger partial charge in [0.2, 0.25) is 5.91 Å². The Morgan fingerprint density at radius 1 is 1.03 bits per heavy atom. The lowest BCUT2D eigenvalue weighted by Crippen LogP contribution is -2.16. The summed E-state index contributed by atoms with van der Waals surface area (Å²) in [4.78, 5) is 30.9. The predicted octanol–water partition coefficient (Wildman–Crippen LogP) is 6.46. The van der Waals surface area contributed by atoms with Gasteiger partial charge in [-0.25, -0.2) is 9.78 Å². The van der Waals surface area contributed by atoms with Crippen molar-refractivity contribution in [3.63, 3.8) is 0 Å². The van der Waals surface area contributed by atoms with Crippen molar-refractivity contribution < 1.29 is 14.3 Å². The Kier molecular flexibility index (Phi) is 8.04. The topological polar surface area (TPSA) is 99.0 Å². The molecule has 0 atom stereocenters. The van der Waals surface area contributed by atoms with Gasteiger partial charge < -0.3 is 14.6 Å². The number of hydrogen-bond donors (Lipinski definition) is 1. The van der Waals surface area contributed by atoms with Gasteiger partial charge >= 0.3 is 5.97 Å². The zero-order valence-corrected chi connectivity index (χ0v) is 23.4. The molecule has 0 saturated heterocycles. The van der Waals surface area contributed by atoms with Crippen molar-refractivity contribution in [1.82, 2.24) is 19.7 Å². The molecule has 2 aromatic carbocycles. The average molecular weight is 558 g/mol. The van der Waals surface area contributed by atoms with Crippen molar-refractivity contribution in [3.8, 4) is 22.6 Å². The van der Waals surface area contributed by atoms with Crippen LogP contribution in [0.25, 0.3) is 33.5 Å². The van der Waals surface area contributed by atoms with Crippen LogP contribution in [0.15, 0.2) is 71.9 Å². The number of hydrogen-bond acceptors (Lipinski definition) is 8. The third-order valence-electron chi connectivity index (χ3n) is 6.00. The fraction of sp³-hybridized carbons (Fsp3) is 0.207. The molecule has 3 heterocycles. The minimum atomic E-state index is -0.445. The first-order valence-electron chi connectivity index (χ1n) is 12.6. The number of carbonyl (C=O) groups excluding carboxylic acids is 2. The fourth-order valence-corrected chi connectivity index (χ4v) is 5.98. The lowest BCUT2D eigenvalue weighted by atomic mass is 10.0. The maximum absolute atomic E-state index is 12.8. The highest BCUT2D eigenvalue weighted by Crippen LogP contribution is 2.33. The van der Waals surface area contributed by atoms with Crippen molar-refractivity contribution in [2.24, 2.45) is 0 Å². The number of pyridine rings is 1. The molecule has 39 heavy (non-hydrogen) atoms. The molecular formula is C29H27N5O3S2. The smallest absolute Gasteiger partial charge is 0.341 e. The summed E-state index contributed by atoms with van der Waals surface area (Å²) >= 11 is 2.65. The molecule has 5 rings (SSSR count). The van der Waals surface area contributed by atoms with E-state index in [0.29, 0.717) is 22.3 Å². The molecule has 0 radical (unpaired) electrons. The summed E-state index contributed by atoms with van der Waals surface area (Å²) < 4.78 is 7.13. The molecule has 0 fully saturated rings. The molecule has 0 bridgehead atoms. The van der Waals surface area contributed by atoms with Crippen LogP contribution >= 0.6 is 23.1 Å². The van der Waals surface area contributed by atoms with Crippen molar-refractivity contribution in [1.29, 1.82) is 0 Å². The van der Waals surface area contributed by atoms with E-state index in [2.05, 4.69) is 15.5 Å². The number of benzene rings is 2. The molecule has 0 aliphatic carbocycles. The van der Waals surface area contributed by atoms with Crippen molar-refractivity contribution >= 4 is 50.9 Å². The molecular weight excluding hydrogens is 530 g/mol. The first-order valence-corrected chi connectivity index (χ1v) is 14.4. The van der Waals surface area contributed by atoms with E-state index in [1.165, 1.54) is 23.1 Å². The molecule has 10 heteroatoms. The van der Waals surface area contributed by atoms with Crippen LogP contribution in [-0.2, 0) is 16.1 Å². The largest absolute Gasteiger partial charge is 0.462 e. The minimum absolute atomic E-state index is 0.115. The second-order valence-corrected chi connectivity index (χ2v) is 10.8. The van der Waals surface area contributed by atoms with Crippen LogP contribution in [0.2, 0.25) is 0 Å². The van der Waals surface area contributed by atoms with Crippen LogP contribution in [0.4, 0.5) is 5.00 Å². The maximum atomic E-state index is 12.8. The highest BCUT2D eigenvalue weighted by atomic mass is 32.2. The zero-order chi connectivity index (χ0) is 27.4. The van der Waals surface area contributed by atoms with Crippen LogP contribution < -0.4 is 5.32 Å². The van der Waals surface area contributed by atoms with Gasteiger partial charge in [-0.15, -0.1) is 21.5 Å². The lowest BCUT2D eigenvalue weighted by Gasteiger charge is -2.12.